The van der Waals surface area contributed by atoms with Gasteiger partial charge in [-0.05, 0) is 46.7 Å². The van der Waals surface area contributed by atoms with Crippen molar-refractivity contribution >= 4 is 28.9 Å². The van der Waals surface area contributed by atoms with Crippen LogP contribution in [0, 0.1) is 9.49 Å². The third-order valence-electron chi connectivity index (χ3n) is 2.02. The molecule has 0 radical (unpaired) electrons. The van der Waals surface area contributed by atoms with Crippen molar-refractivity contribution in [2.24, 2.45) is 5.92 Å². The lowest BCUT2D eigenvalue weighted by Crippen LogP contribution is -2.02. The highest BCUT2D eigenvalue weighted by molar-refractivity contribution is 14.1. The SMILES string of the molecule is COc1cc(I)ccc1CC(C)C=O. The lowest BCUT2D eigenvalue weighted by atomic mass is 10.0. The number of halogens is 1. The predicted molar refractivity (Wildman–Crippen MR) is 64.6 cm³/mol. The molecule has 1 aromatic carbocycles. The highest BCUT2D eigenvalue weighted by atomic mass is 127. The largest absolute Gasteiger partial charge is 0.496 e. The van der Waals surface area contributed by atoms with Crippen molar-refractivity contribution in [3.05, 3.63) is 27.3 Å². The summed E-state index contributed by atoms with van der Waals surface area (Å²) < 4.78 is 6.39. The van der Waals surface area contributed by atoms with E-state index < -0.39 is 0 Å². The van der Waals surface area contributed by atoms with E-state index in [2.05, 4.69) is 22.6 Å². The van der Waals surface area contributed by atoms with Crippen molar-refractivity contribution in [1.82, 2.24) is 0 Å². The molecule has 0 bridgehead atoms. The van der Waals surface area contributed by atoms with Crippen molar-refractivity contribution in [1.29, 1.82) is 0 Å². The van der Waals surface area contributed by atoms with Crippen molar-refractivity contribution in [3.8, 4) is 5.75 Å². The zero-order chi connectivity index (χ0) is 10.6. The summed E-state index contributed by atoms with van der Waals surface area (Å²) in [5.41, 5.74) is 1.09. The van der Waals surface area contributed by atoms with Gasteiger partial charge in [0.25, 0.3) is 0 Å². The lowest BCUT2D eigenvalue weighted by molar-refractivity contribution is -0.110. The summed E-state index contributed by atoms with van der Waals surface area (Å²) in [6, 6.07) is 6.02. The molecular weight excluding hydrogens is 291 g/mol. The summed E-state index contributed by atoms with van der Waals surface area (Å²) >= 11 is 2.24. The van der Waals surface area contributed by atoms with E-state index >= 15 is 0 Å². The van der Waals surface area contributed by atoms with Crippen LogP contribution in [0.1, 0.15) is 12.5 Å². The molecule has 0 saturated heterocycles. The van der Waals surface area contributed by atoms with Crippen LogP contribution >= 0.6 is 22.6 Å². The fraction of sp³-hybridized carbons (Fsp3) is 0.364. The Hall–Kier alpha value is -0.580. The van der Waals surface area contributed by atoms with E-state index in [4.69, 9.17) is 4.74 Å². The van der Waals surface area contributed by atoms with Crippen LogP contribution in [-0.4, -0.2) is 13.4 Å². The Labute approximate surface area is 97.8 Å². The maximum absolute atomic E-state index is 10.5. The molecule has 0 heterocycles. The van der Waals surface area contributed by atoms with Crippen molar-refractivity contribution < 1.29 is 9.53 Å². The summed E-state index contributed by atoms with van der Waals surface area (Å²) in [4.78, 5) is 10.5. The highest BCUT2D eigenvalue weighted by Gasteiger charge is 2.07. The Kier molecular flexibility index (Phi) is 4.38. The van der Waals surface area contributed by atoms with Gasteiger partial charge in [0, 0.05) is 9.49 Å². The average molecular weight is 304 g/mol. The molecule has 0 spiro atoms. The van der Waals surface area contributed by atoms with E-state index in [1.54, 1.807) is 7.11 Å². The summed E-state index contributed by atoms with van der Waals surface area (Å²) in [5.74, 6) is 0.912. The van der Waals surface area contributed by atoms with Gasteiger partial charge in [-0.15, -0.1) is 0 Å². The molecule has 0 aliphatic rings. The quantitative estimate of drug-likeness (QED) is 0.631. The van der Waals surface area contributed by atoms with Gasteiger partial charge in [0.05, 0.1) is 7.11 Å². The molecule has 0 fully saturated rings. The zero-order valence-electron chi connectivity index (χ0n) is 8.29. The van der Waals surface area contributed by atoms with Gasteiger partial charge in [-0.1, -0.05) is 13.0 Å². The molecule has 0 aliphatic heterocycles. The molecule has 0 saturated carbocycles. The Morgan fingerprint density at radius 2 is 2.29 bits per heavy atom. The van der Waals surface area contributed by atoms with E-state index in [-0.39, 0.29) is 5.92 Å². The number of benzene rings is 1. The van der Waals surface area contributed by atoms with E-state index in [1.807, 2.05) is 25.1 Å². The smallest absolute Gasteiger partial charge is 0.123 e. The number of carbonyl (C=O) groups excluding carboxylic acids is 1. The maximum Gasteiger partial charge on any atom is 0.123 e. The van der Waals surface area contributed by atoms with E-state index in [1.165, 1.54) is 0 Å². The molecule has 0 aliphatic carbocycles. The summed E-state index contributed by atoms with van der Waals surface area (Å²) in [6.07, 6.45) is 1.71. The second-order valence-electron chi connectivity index (χ2n) is 3.27. The summed E-state index contributed by atoms with van der Waals surface area (Å²) in [6.45, 7) is 1.91. The molecule has 76 valence electrons. The van der Waals surface area contributed by atoms with E-state index in [0.29, 0.717) is 0 Å². The Balaban J connectivity index is 2.90. The molecular formula is C11H13IO2. The number of hydrogen-bond donors (Lipinski definition) is 0. The van der Waals surface area contributed by atoms with Gasteiger partial charge in [-0.3, -0.25) is 0 Å². The van der Waals surface area contributed by atoms with Crippen LogP contribution in [0.25, 0.3) is 0 Å². The fourth-order valence-electron chi connectivity index (χ4n) is 1.28. The second kappa shape index (κ2) is 5.34. The number of carbonyl (C=O) groups is 1. The molecule has 3 heteroatoms. The van der Waals surface area contributed by atoms with Crippen LogP contribution < -0.4 is 4.74 Å². The Morgan fingerprint density at radius 1 is 1.57 bits per heavy atom. The van der Waals surface area contributed by atoms with Crippen LogP contribution in [-0.2, 0) is 11.2 Å². The standard InChI is InChI=1S/C11H13IO2/c1-8(7-13)5-9-3-4-10(12)6-11(9)14-2/h3-4,6-8H,5H2,1-2H3. The molecule has 0 N–H and O–H groups in total. The molecule has 0 aromatic heterocycles. The molecule has 1 unspecified atom stereocenters. The van der Waals surface area contributed by atoms with Gasteiger partial charge in [-0.2, -0.15) is 0 Å². The first-order chi connectivity index (χ1) is 6.67. The predicted octanol–water partition coefficient (Wildman–Crippen LogP) is 2.68. The summed E-state index contributed by atoms with van der Waals surface area (Å²) in [7, 11) is 1.65. The monoisotopic (exact) mass is 304 g/mol. The van der Waals surface area contributed by atoms with Crippen molar-refractivity contribution in [2.75, 3.05) is 7.11 Å². The van der Waals surface area contributed by atoms with Crippen LogP contribution in [0.15, 0.2) is 18.2 Å². The second-order valence-corrected chi connectivity index (χ2v) is 4.52. The van der Waals surface area contributed by atoms with E-state index in [9.17, 15) is 4.79 Å². The average Bonchev–Trinajstić information content (AvgIpc) is 2.20. The third kappa shape index (κ3) is 2.97. The minimum absolute atomic E-state index is 0.0453. The van der Waals surface area contributed by atoms with Crippen LogP contribution in [0.5, 0.6) is 5.75 Å². The number of hydrogen-bond acceptors (Lipinski definition) is 2. The minimum Gasteiger partial charge on any atom is -0.496 e. The fourth-order valence-corrected chi connectivity index (χ4v) is 1.74. The molecule has 1 atom stereocenters. The van der Waals surface area contributed by atoms with Gasteiger partial charge in [0.1, 0.15) is 12.0 Å². The molecule has 1 aromatic rings. The van der Waals surface area contributed by atoms with Gasteiger partial charge in [0.2, 0.25) is 0 Å². The number of ether oxygens (including phenoxy) is 1. The molecule has 2 nitrogen and oxygen atoms in total. The maximum atomic E-state index is 10.5. The van der Waals surface area contributed by atoms with Crippen LogP contribution in [0.2, 0.25) is 0 Å². The van der Waals surface area contributed by atoms with Gasteiger partial charge >= 0.3 is 0 Å². The third-order valence-corrected chi connectivity index (χ3v) is 2.69. The number of aldehydes is 1. The van der Waals surface area contributed by atoms with Crippen LogP contribution in [0.4, 0.5) is 0 Å². The van der Waals surface area contributed by atoms with Crippen molar-refractivity contribution in [3.63, 3.8) is 0 Å². The highest BCUT2D eigenvalue weighted by Crippen LogP contribution is 2.23. The molecule has 1 rings (SSSR count). The van der Waals surface area contributed by atoms with Crippen LogP contribution in [0.3, 0.4) is 0 Å². The zero-order valence-corrected chi connectivity index (χ0v) is 10.4. The Morgan fingerprint density at radius 3 is 2.86 bits per heavy atom. The first-order valence-electron chi connectivity index (χ1n) is 4.45. The van der Waals surface area contributed by atoms with Crippen molar-refractivity contribution in [2.45, 2.75) is 13.3 Å². The number of rotatable bonds is 4. The first kappa shape index (κ1) is 11.5. The minimum atomic E-state index is 0.0453. The molecule has 0 amide bonds. The normalized spacial score (nSPS) is 12.2. The lowest BCUT2D eigenvalue weighted by Gasteiger charge is -2.10. The number of methoxy groups -OCH3 is 1. The van der Waals surface area contributed by atoms with Gasteiger partial charge in [-0.25, -0.2) is 0 Å². The Bertz CT molecular complexity index is 323. The summed E-state index contributed by atoms with van der Waals surface area (Å²) in [5, 5.41) is 0. The van der Waals surface area contributed by atoms with Gasteiger partial charge in [0.15, 0.2) is 0 Å². The molecule has 14 heavy (non-hydrogen) atoms. The van der Waals surface area contributed by atoms with E-state index in [0.717, 1.165) is 27.6 Å². The first-order valence-corrected chi connectivity index (χ1v) is 5.53. The van der Waals surface area contributed by atoms with Gasteiger partial charge < -0.3 is 9.53 Å². The topological polar surface area (TPSA) is 26.3 Å².